The molecule has 0 aliphatic carbocycles. The normalized spacial score (nSPS) is 20.5. The highest BCUT2D eigenvalue weighted by atomic mass is 32.2. The average Bonchev–Trinajstić information content (AvgIpc) is 3.11. The Balaban J connectivity index is 1.94. The molecule has 0 unspecified atom stereocenters. The maximum Gasteiger partial charge on any atom is 0.331 e. The Bertz CT molecular complexity index is 766. The summed E-state index contributed by atoms with van der Waals surface area (Å²) in [6, 6.07) is 3.52. The molecule has 138 valence electrons. The van der Waals surface area contributed by atoms with Crippen molar-refractivity contribution in [2.75, 3.05) is 18.1 Å². The molecule has 1 fully saturated rings. The van der Waals surface area contributed by atoms with Crippen LogP contribution in [0.25, 0.3) is 6.08 Å². The van der Waals surface area contributed by atoms with Crippen molar-refractivity contribution in [3.8, 4) is 0 Å². The van der Waals surface area contributed by atoms with E-state index < -0.39 is 21.9 Å². The van der Waals surface area contributed by atoms with Crippen LogP contribution in [0.3, 0.4) is 0 Å². The lowest BCUT2D eigenvalue weighted by atomic mass is 10.2. The molecular formula is C17H23NO5S2. The first-order valence-corrected chi connectivity index (χ1v) is 10.8. The van der Waals surface area contributed by atoms with Gasteiger partial charge in [0, 0.05) is 28.4 Å². The van der Waals surface area contributed by atoms with Gasteiger partial charge in [-0.15, -0.1) is 11.3 Å². The molecule has 2 heterocycles. The molecule has 1 aromatic rings. The van der Waals surface area contributed by atoms with E-state index in [1.54, 1.807) is 24.3 Å². The third-order valence-corrected chi connectivity index (χ3v) is 6.77. The van der Waals surface area contributed by atoms with Gasteiger partial charge in [0.25, 0.3) is 5.91 Å². The second-order valence-corrected chi connectivity index (χ2v) is 9.59. The second kappa shape index (κ2) is 8.14. The van der Waals surface area contributed by atoms with Crippen molar-refractivity contribution in [3.63, 3.8) is 0 Å². The van der Waals surface area contributed by atoms with Gasteiger partial charge in [0.15, 0.2) is 15.9 Å². The third kappa shape index (κ3) is 5.40. The van der Waals surface area contributed by atoms with Crippen LogP contribution in [0.15, 0.2) is 18.2 Å². The molecule has 1 aliphatic rings. The summed E-state index contributed by atoms with van der Waals surface area (Å²) in [5.74, 6) is -0.885. The molecule has 2 rings (SSSR count). The molecule has 0 aromatic carbocycles. The summed E-state index contributed by atoms with van der Waals surface area (Å²) in [5, 5.41) is 0. The maximum atomic E-state index is 12.5. The molecule has 1 aromatic heterocycles. The number of esters is 1. The predicted molar refractivity (Wildman–Crippen MR) is 98.1 cm³/mol. The smallest absolute Gasteiger partial charge is 0.331 e. The van der Waals surface area contributed by atoms with Crippen LogP contribution in [0.2, 0.25) is 0 Å². The van der Waals surface area contributed by atoms with E-state index in [1.807, 2.05) is 19.1 Å². The number of thiophene rings is 1. The molecule has 6 nitrogen and oxygen atoms in total. The van der Waals surface area contributed by atoms with Crippen LogP contribution in [0.4, 0.5) is 0 Å². The fraction of sp³-hybridized carbons (Fsp3) is 0.529. The Morgan fingerprint density at radius 1 is 1.44 bits per heavy atom. The Kier molecular flexibility index (Phi) is 6.40. The van der Waals surface area contributed by atoms with E-state index in [-0.39, 0.29) is 23.5 Å². The molecule has 8 heteroatoms. The number of hydrogen-bond donors (Lipinski definition) is 0. The van der Waals surface area contributed by atoms with Crippen LogP contribution < -0.4 is 0 Å². The van der Waals surface area contributed by atoms with Crippen molar-refractivity contribution in [3.05, 3.63) is 28.0 Å². The van der Waals surface area contributed by atoms with Crippen LogP contribution in [0, 0.1) is 6.92 Å². The molecule has 1 amide bonds. The maximum absolute atomic E-state index is 12.5. The van der Waals surface area contributed by atoms with Gasteiger partial charge in [0.1, 0.15) is 0 Å². The Morgan fingerprint density at radius 2 is 2.16 bits per heavy atom. The zero-order valence-corrected chi connectivity index (χ0v) is 16.2. The molecule has 0 bridgehead atoms. The van der Waals surface area contributed by atoms with E-state index in [0.717, 1.165) is 9.75 Å². The SMILES string of the molecule is CCN(C(=O)[C@@H](C)OC(=O)/C=C/c1ccc(C)s1)[C@@H]1CCS(=O)(=O)C1. The molecule has 25 heavy (non-hydrogen) atoms. The molecule has 2 atom stereocenters. The molecule has 0 N–H and O–H groups in total. The van der Waals surface area contributed by atoms with E-state index >= 15 is 0 Å². The minimum absolute atomic E-state index is 0.0229. The summed E-state index contributed by atoms with van der Waals surface area (Å²) >= 11 is 1.55. The molecule has 1 saturated heterocycles. The van der Waals surface area contributed by atoms with Crippen LogP contribution >= 0.6 is 11.3 Å². The van der Waals surface area contributed by atoms with E-state index in [2.05, 4.69) is 0 Å². The second-order valence-electron chi connectivity index (χ2n) is 6.04. The number of nitrogens with zero attached hydrogens (tertiary/aromatic N) is 1. The van der Waals surface area contributed by atoms with Gasteiger partial charge in [0.2, 0.25) is 0 Å². The summed E-state index contributed by atoms with van der Waals surface area (Å²) in [6.07, 6.45) is 2.43. The van der Waals surface area contributed by atoms with Gasteiger partial charge in [-0.2, -0.15) is 0 Å². The van der Waals surface area contributed by atoms with Gasteiger partial charge < -0.3 is 9.64 Å². The van der Waals surface area contributed by atoms with E-state index in [9.17, 15) is 18.0 Å². The van der Waals surface area contributed by atoms with Crippen molar-refractivity contribution in [2.45, 2.75) is 39.3 Å². The lowest BCUT2D eigenvalue weighted by Crippen LogP contribution is -2.46. The highest BCUT2D eigenvalue weighted by Crippen LogP contribution is 2.19. The van der Waals surface area contributed by atoms with Crippen LogP contribution in [0.1, 0.15) is 30.0 Å². The first kappa shape index (κ1) is 19.7. The first-order valence-electron chi connectivity index (χ1n) is 8.18. The topological polar surface area (TPSA) is 80.8 Å². The number of carbonyl (C=O) groups excluding carboxylic acids is 2. The lowest BCUT2D eigenvalue weighted by Gasteiger charge is -2.29. The lowest BCUT2D eigenvalue weighted by molar-refractivity contribution is -0.156. The van der Waals surface area contributed by atoms with Gasteiger partial charge in [-0.1, -0.05) is 0 Å². The number of rotatable bonds is 6. The van der Waals surface area contributed by atoms with Crippen molar-refractivity contribution in [2.24, 2.45) is 0 Å². The fourth-order valence-electron chi connectivity index (χ4n) is 2.81. The van der Waals surface area contributed by atoms with Gasteiger partial charge in [-0.3, -0.25) is 4.79 Å². The summed E-state index contributed by atoms with van der Waals surface area (Å²) in [6.45, 7) is 5.65. The number of carbonyl (C=O) groups is 2. The minimum atomic E-state index is -3.08. The summed E-state index contributed by atoms with van der Waals surface area (Å²) in [4.78, 5) is 28.0. The van der Waals surface area contributed by atoms with Crippen LogP contribution in [-0.4, -0.2) is 55.4 Å². The molecule has 0 saturated carbocycles. The quantitative estimate of drug-likeness (QED) is 0.553. The van der Waals surface area contributed by atoms with Crippen molar-refractivity contribution < 1.29 is 22.7 Å². The fourth-order valence-corrected chi connectivity index (χ4v) is 5.32. The van der Waals surface area contributed by atoms with Gasteiger partial charge in [0.05, 0.1) is 11.5 Å². The standard InChI is InChI=1S/C17H23NO5S2/c1-4-18(14-9-10-25(21,22)11-14)17(20)13(3)23-16(19)8-7-15-6-5-12(2)24-15/h5-8,13-14H,4,9-11H2,1-3H3/b8-7+/t13-,14-/m1/s1. The van der Waals surface area contributed by atoms with E-state index in [1.165, 1.54) is 17.9 Å². The largest absolute Gasteiger partial charge is 0.449 e. The summed E-state index contributed by atoms with van der Waals surface area (Å²) in [5.41, 5.74) is 0. The zero-order chi connectivity index (χ0) is 18.6. The number of amides is 1. The van der Waals surface area contributed by atoms with Crippen LogP contribution in [-0.2, 0) is 24.2 Å². The summed E-state index contributed by atoms with van der Waals surface area (Å²) < 4.78 is 28.4. The van der Waals surface area contributed by atoms with E-state index in [0.29, 0.717) is 13.0 Å². The minimum Gasteiger partial charge on any atom is -0.449 e. The predicted octanol–water partition coefficient (Wildman–Crippen LogP) is 2.04. The Hall–Kier alpha value is -1.67. The van der Waals surface area contributed by atoms with Gasteiger partial charge in [-0.05, 0) is 45.4 Å². The van der Waals surface area contributed by atoms with Crippen molar-refractivity contribution in [1.82, 2.24) is 4.90 Å². The number of hydrogen-bond acceptors (Lipinski definition) is 6. The van der Waals surface area contributed by atoms with Crippen LogP contribution in [0.5, 0.6) is 0 Å². The number of ether oxygens (including phenoxy) is 1. The molecule has 1 aliphatic heterocycles. The number of likely N-dealkylation sites (N-methyl/N-ethyl adjacent to an activating group) is 1. The number of aryl methyl sites for hydroxylation is 1. The number of sulfone groups is 1. The monoisotopic (exact) mass is 385 g/mol. The highest BCUT2D eigenvalue weighted by molar-refractivity contribution is 7.91. The highest BCUT2D eigenvalue weighted by Gasteiger charge is 2.36. The van der Waals surface area contributed by atoms with E-state index in [4.69, 9.17) is 4.74 Å². The molecule has 0 radical (unpaired) electrons. The summed E-state index contributed by atoms with van der Waals surface area (Å²) in [7, 11) is -3.08. The average molecular weight is 386 g/mol. The zero-order valence-electron chi connectivity index (χ0n) is 14.6. The Labute approximate surface area is 152 Å². The van der Waals surface area contributed by atoms with Crippen molar-refractivity contribution in [1.29, 1.82) is 0 Å². The van der Waals surface area contributed by atoms with Crippen molar-refractivity contribution >= 4 is 39.1 Å². The molecular weight excluding hydrogens is 362 g/mol. The third-order valence-electron chi connectivity index (χ3n) is 4.06. The Morgan fingerprint density at radius 3 is 2.68 bits per heavy atom. The molecule has 0 spiro atoms. The van der Waals surface area contributed by atoms with Gasteiger partial charge >= 0.3 is 5.97 Å². The van der Waals surface area contributed by atoms with Gasteiger partial charge in [-0.25, -0.2) is 13.2 Å². The first-order chi connectivity index (χ1) is 11.7.